The third-order valence-corrected chi connectivity index (χ3v) is 4.01. The van der Waals surface area contributed by atoms with Crippen molar-refractivity contribution in [2.24, 2.45) is 5.92 Å². The highest BCUT2D eigenvalue weighted by Gasteiger charge is 2.28. The summed E-state index contributed by atoms with van der Waals surface area (Å²) in [7, 11) is 0. The second-order valence-electron chi connectivity index (χ2n) is 5.13. The van der Waals surface area contributed by atoms with E-state index in [4.69, 9.17) is 5.11 Å². The van der Waals surface area contributed by atoms with E-state index < -0.39 is 5.51 Å². The number of amides is 1. The average Bonchev–Trinajstić information content (AvgIpc) is 2.92. The highest BCUT2D eigenvalue weighted by atomic mass is 32.2. The molecule has 0 fully saturated rings. The number of halogens is 3. The summed E-state index contributed by atoms with van der Waals surface area (Å²) >= 11 is -0.174. The molecule has 0 saturated carbocycles. The molecule has 1 aromatic carbocycles. The zero-order valence-corrected chi connectivity index (χ0v) is 12.9. The van der Waals surface area contributed by atoms with E-state index in [2.05, 4.69) is 5.32 Å². The van der Waals surface area contributed by atoms with Crippen LogP contribution in [0.3, 0.4) is 0 Å². The molecule has 1 aliphatic rings. The fraction of sp³-hybridized carbons (Fsp3) is 0.312. The number of aliphatic hydroxyl groups is 1. The van der Waals surface area contributed by atoms with Crippen LogP contribution in [-0.2, 0) is 4.79 Å². The molecule has 23 heavy (non-hydrogen) atoms. The van der Waals surface area contributed by atoms with Crippen LogP contribution in [0.15, 0.2) is 47.4 Å². The lowest BCUT2D eigenvalue weighted by molar-refractivity contribution is -0.116. The molecule has 1 aromatic rings. The molecule has 0 aliphatic heterocycles. The van der Waals surface area contributed by atoms with Crippen LogP contribution in [0.4, 0.5) is 13.2 Å². The smallest absolute Gasteiger partial charge is 0.396 e. The fourth-order valence-corrected chi connectivity index (χ4v) is 2.74. The second kappa shape index (κ2) is 7.70. The molecule has 0 radical (unpaired) electrons. The number of rotatable bonds is 5. The molecule has 3 nitrogen and oxygen atoms in total. The molecule has 2 N–H and O–H groups in total. The fourth-order valence-electron chi connectivity index (χ4n) is 2.20. The molecule has 0 saturated heterocycles. The third-order valence-electron chi connectivity index (χ3n) is 3.28. The van der Waals surface area contributed by atoms with Gasteiger partial charge < -0.3 is 10.4 Å². The molecule has 0 spiro atoms. The van der Waals surface area contributed by atoms with E-state index >= 15 is 0 Å². The largest absolute Gasteiger partial charge is 0.446 e. The highest BCUT2D eigenvalue weighted by Crippen LogP contribution is 2.36. The lowest BCUT2D eigenvalue weighted by Gasteiger charge is -2.10. The summed E-state index contributed by atoms with van der Waals surface area (Å²) in [5, 5.41) is 11.8. The van der Waals surface area contributed by atoms with Crippen LogP contribution in [0.5, 0.6) is 0 Å². The Bertz CT molecular complexity index is 596. The Balaban J connectivity index is 1.85. The quantitative estimate of drug-likeness (QED) is 0.490. The maximum Gasteiger partial charge on any atom is 0.446 e. The monoisotopic (exact) mass is 343 g/mol. The topological polar surface area (TPSA) is 49.3 Å². The molecular weight excluding hydrogens is 327 g/mol. The first kappa shape index (κ1) is 17.6. The number of aliphatic hydroxyl groups excluding tert-OH is 1. The van der Waals surface area contributed by atoms with Crippen molar-refractivity contribution in [2.75, 3.05) is 6.61 Å². The number of carbonyl (C=O) groups is 1. The molecule has 124 valence electrons. The van der Waals surface area contributed by atoms with Gasteiger partial charge in [-0.3, -0.25) is 4.79 Å². The number of thioether (sulfide) groups is 1. The van der Waals surface area contributed by atoms with Crippen LogP contribution in [0.2, 0.25) is 0 Å². The zero-order valence-electron chi connectivity index (χ0n) is 12.1. The summed E-state index contributed by atoms with van der Waals surface area (Å²) in [6, 6.07) is 5.67. The lowest BCUT2D eigenvalue weighted by Crippen LogP contribution is -2.31. The summed E-state index contributed by atoms with van der Waals surface area (Å²) in [6.45, 7) is 0.0565. The van der Waals surface area contributed by atoms with Crippen LogP contribution in [0.25, 0.3) is 6.08 Å². The highest BCUT2D eigenvalue weighted by molar-refractivity contribution is 8.00. The van der Waals surface area contributed by atoms with Crippen molar-refractivity contribution in [2.45, 2.75) is 22.9 Å². The maximum atomic E-state index is 12.2. The Morgan fingerprint density at radius 1 is 1.30 bits per heavy atom. The normalized spacial score (nSPS) is 21.0. The molecule has 0 unspecified atom stereocenters. The molecular formula is C16H16F3NO2S. The van der Waals surface area contributed by atoms with E-state index in [-0.39, 0.29) is 41.1 Å². The van der Waals surface area contributed by atoms with Crippen molar-refractivity contribution in [3.05, 3.63) is 48.1 Å². The van der Waals surface area contributed by atoms with Crippen LogP contribution < -0.4 is 5.32 Å². The average molecular weight is 343 g/mol. The molecule has 1 amide bonds. The van der Waals surface area contributed by atoms with Gasteiger partial charge in [-0.25, -0.2) is 0 Å². The van der Waals surface area contributed by atoms with Crippen LogP contribution in [0.1, 0.15) is 12.0 Å². The van der Waals surface area contributed by atoms with E-state index in [1.807, 2.05) is 12.2 Å². The number of carbonyl (C=O) groups excluding carboxylic acids is 1. The van der Waals surface area contributed by atoms with Gasteiger partial charge in [-0.2, -0.15) is 13.2 Å². The predicted octanol–water partition coefficient (Wildman–Crippen LogP) is 3.36. The zero-order chi connectivity index (χ0) is 16.9. The molecule has 2 atom stereocenters. The van der Waals surface area contributed by atoms with Gasteiger partial charge in [0.2, 0.25) is 5.91 Å². The van der Waals surface area contributed by atoms with Crippen molar-refractivity contribution in [3.63, 3.8) is 0 Å². The molecule has 0 aromatic heterocycles. The minimum absolute atomic E-state index is 0.0565. The van der Waals surface area contributed by atoms with Crippen molar-refractivity contribution in [3.8, 4) is 0 Å². The maximum absolute atomic E-state index is 12.2. The van der Waals surface area contributed by atoms with Gasteiger partial charge in [-0.1, -0.05) is 24.3 Å². The summed E-state index contributed by atoms with van der Waals surface area (Å²) in [6.07, 6.45) is 7.26. The Morgan fingerprint density at radius 3 is 2.57 bits per heavy atom. The molecule has 7 heteroatoms. The van der Waals surface area contributed by atoms with Gasteiger partial charge >= 0.3 is 5.51 Å². The van der Waals surface area contributed by atoms with Crippen LogP contribution >= 0.6 is 11.8 Å². The number of benzene rings is 1. The molecule has 2 rings (SSSR count). The predicted molar refractivity (Wildman–Crippen MR) is 83.7 cm³/mol. The van der Waals surface area contributed by atoms with Gasteiger partial charge in [0.05, 0.1) is 0 Å². The first-order chi connectivity index (χ1) is 10.9. The van der Waals surface area contributed by atoms with E-state index in [1.165, 1.54) is 30.3 Å². The SMILES string of the molecule is O=C(/C=C/c1ccc(SC(F)(F)F)cc1)N[C@@H]1C=C[C@H](CO)C1. The Labute approximate surface area is 136 Å². The van der Waals surface area contributed by atoms with E-state index in [0.29, 0.717) is 12.0 Å². The van der Waals surface area contributed by atoms with Crippen LogP contribution in [0, 0.1) is 5.92 Å². The Hall–Kier alpha value is -1.73. The van der Waals surface area contributed by atoms with Crippen molar-refractivity contribution in [1.29, 1.82) is 0 Å². The van der Waals surface area contributed by atoms with Gasteiger partial charge in [0.25, 0.3) is 0 Å². The number of hydrogen-bond donors (Lipinski definition) is 2. The standard InChI is InChI=1S/C16H16F3NO2S/c17-16(18,19)23-14-6-2-11(3-7-14)4-8-15(22)20-13-5-1-12(9-13)10-21/h1-8,12-13,21H,9-10H2,(H,20,22)/b8-4+/t12-,13+/m0/s1. The number of hydrogen-bond acceptors (Lipinski definition) is 3. The van der Waals surface area contributed by atoms with Crippen molar-refractivity contribution >= 4 is 23.7 Å². The number of alkyl halides is 3. The minimum atomic E-state index is -4.31. The first-order valence-electron chi connectivity index (χ1n) is 6.99. The van der Waals surface area contributed by atoms with Crippen molar-refractivity contribution < 1.29 is 23.1 Å². The number of nitrogens with one attached hydrogen (secondary N) is 1. The van der Waals surface area contributed by atoms with Crippen molar-refractivity contribution in [1.82, 2.24) is 5.32 Å². The van der Waals surface area contributed by atoms with Gasteiger partial charge in [0.1, 0.15) is 0 Å². The first-order valence-corrected chi connectivity index (χ1v) is 7.81. The summed E-state index contributed by atoms with van der Waals surface area (Å²) < 4.78 is 36.7. The van der Waals surface area contributed by atoms with Gasteiger partial charge in [0.15, 0.2) is 0 Å². The summed E-state index contributed by atoms with van der Waals surface area (Å²) in [5.74, 6) is -0.213. The van der Waals surface area contributed by atoms with Gasteiger partial charge in [0, 0.05) is 29.5 Å². The van der Waals surface area contributed by atoms with Gasteiger partial charge in [-0.05, 0) is 42.0 Å². The minimum Gasteiger partial charge on any atom is -0.396 e. The van der Waals surface area contributed by atoms with Gasteiger partial charge in [-0.15, -0.1) is 0 Å². The molecule has 1 aliphatic carbocycles. The Kier molecular flexibility index (Phi) is 5.90. The molecule has 0 bridgehead atoms. The van der Waals surface area contributed by atoms with E-state index in [1.54, 1.807) is 6.08 Å². The third kappa shape index (κ3) is 6.11. The Morgan fingerprint density at radius 2 is 2.00 bits per heavy atom. The second-order valence-corrected chi connectivity index (χ2v) is 6.27. The summed E-state index contributed by atoms with van der Waals surface area (Å²) in [5.41, 5.74) is -3.67. The molecule has 0 heterocycles. The summed E-state index contributed by atoms with van der Waals surface area (Å²) in [4.78, 5) is 11.9. The van der Waals surface area contributed by atoms with Crippen LogP contribution in [-0.4, -0.2) is 29.2 Å². The lowest BCUT2D eigenvalue weighted by atomic mass is 10.1. The van der Waals surface area contributed by atoms with E-state index in [9.17, 15) is 18.0 Å². The van der Waals surface area contributed by atoms with E-state index in [0.717, 1.165) is 0 Å².